The molecule has 1 unspecified atom stereocenters. The van der Waals surface area contributed by atoms with Gasteiger partial charge in [0.1, 0.15) is 5.75 Å². The van der Waals surface area contributed by atoms with Crippen LogP contribution in [0.3, 0.4) is 0 Å². The minimum Gasteiger partial charge on any atom is -0.507 e. The summed E-state index contributed by atoms with van der Waals surface area (Å²) < 4.78 is 10.6. The molecule has 0 heterocycles. The highest BCUT2D eigenvalue weighted by molar-refractivity contribution is 8.22. The maximum Gasteiger partial charge on any atom is 0.303 e. The molecule has 0 aromatic heterocycles. The van der Waals surface area contributed by atoms with Gasteiger partial charge in [-0.05, 0) is 55.5 Å². The molecule has 1 aromatic carbocycles. The number of hydrogen-bond donors (Lipinski definition) is 1. The Morgan fingerprint density at radius 1 is 1.39 bits per heavy atom. The van der Waals surface area contributed by atoms with Crippen LogP contribution in [0.1, 0.15) is 42.6 Å². The van der Waals surface area contributed by atoms with Crippen LogP contribution >= 0.6 is 24.0 Å². The lowest BCUT2D eigenvalue weighted by molar-refractivity contribution is -0.142. The van der Waals surface area contributed by atoms with Crippen LogP contribution < -0.4 is 0 Å². The van der Waals surface area contributed by atoms with E-state index < -0.39 is 11.4 Å². The van der Waals surface area contributed by atoms with Gasteiger partial charge in [-0.2, -0.15) is 0 Å². The van der Waals surface area contributed by atoms with Gasteiger partial charge in [0.15, 0.2) is 11.2 Å². The van der Waals surface area contributed by atoms with Gasteiger partial charge in [0.2, 0.25) is 4.38 Å². The van der Waals surface area contributed by atoms with E-state index in [0.717, 1.165) is 17.3 Å². The molecular weight excluding hydrogens is 336 g/mol. The molecule has 0 saturated carbocycles. The Labute approximate surface area is 145 Å². The Morgan fingerprint density at radius 3 is 2.65 bits per heavy atom. The van der Waals surface area contributed by atoms with Crippen molar-refractivity contribution < 1.29 is 24.2 Å². The predicted octanol–water partition coefficient (Wildman–Crippen LogP) is 3.61. The fourth-order valence-electron chi connectivity index (χ4n) is 1.85. The Morgan fingerprint density at radius 2 is 2.09 bits per heavy atom. The summed E-state index contributed by atoms with van der Waals surface area (Å²) in [7, 11) is 0. The van der Waals surface area contributed by atoms with E-state index in [4.69, 9.17) is 21.7 Å². The second-order valence-electron chi connectivity index (χ2n) is 4.82. The van der Waals surface area contributed by atoms with Crippen molar-refractivity contribution in [3.63, 3.8) is 0 Å². The molecule has 0 bridgehead atoms. The van der Waals surface area contributed by atoms with Crippen LogP contribution in [0.5, 0.6) is 5.75 Å². The molecule has 126 valence electrons. The minimum absolute atomic E-state index is 0.0449. The summed E-state index contributed by atoms with van der Waals surface area (Å²) in [6, 6.07) is 4.89. The first-order chi connectivity index (χ1) is 10.8. The lowest BCUT2D eigenvalue weighted by Crippen LogP contribution is -2.17. The van der Waals surface area contributed by atoms with E-state index >= 15 is 0 Å². The highest BCUT2D eigenvalue weighted by atomic mass is 32.2. The van der Waals surface area contributed by atoms with Crippen molar-refractivity contribution in [1.82, 2.24) is 0 Å². The number of thiocarbonyl (C=S) groups is 1. The van der Waals surface area contributed by atoms with Crippen molar-refractivity contribution in [3.05, 3.63) is 29.3 Å². The number of hydrogen-bond acceptors (Lipinski definition) is 7. The normalized spacial score (nSPS) is 11.6. The van der Waals surface area contributed by atoms with Crippen molar-refractivity contribution in [3.8, 4) is 5.75 Å². The summed E-state index contributed by atoms with van der Waals surface area (Å²) in [5.74, 6) is -0.716. The zero-order valence-corrected chi connectivity index (χ0v) is 15.0. The smallest absolute Gasteiger partial charge is 0.303 e. The molecule has 7 heteroatoms. The minimum atomic E-state index is -0.594. The Bertz CT molecular complexity index is 586. The lowest BCUT2D eigenvalue weighted by Gasteiger charge is -2.16. The molecule has 0 aliphatic carbocycles. The summed E-state index contributed by atoms with van der Waals surface area (Å²) in [6.45, 7) is 5.35. The number of carbonyl (C=O) groups is 2. The average Bonchev–Trinajstić information content (AvgIpc) is 2.44. The number of carbonyl (C=O) groups excluding carboxylic acids is 2. The molecule has 0 fully saturated rings. The topological polar surface area (TPSA) is 72.8 Å². The Hall–Kier alpha value is -1.60. The predicted molar refractivity (Wildman–Crippen MR) is 93.8 cm³/mol. The zero-order valence-electron chi connectivity index (χ0n) is 13.3. The van der Waals surface area contributed by atoms with E-state index in [2.05, 4.69) is 0 Å². The quantitative estimate of drug-likeness (QED) is 0.346. The van der Waals surface area contributed by atoms with Crippen LogP contribution in [-0.4, -0.2) is 33.3 Å². The monoisotopic (exact) mass is 356 g/mol. The summed E-state index contributed by atoms with van der Waals surface area (Å²) in [5.41, 5.74) is 0.534. The highest BCUT2D eigenvalue weighted by Gasteiger charge is 2.19. The lowest BCUT2D eigenvalue weighted by atomic mass is 10.0. The van der Waals surface area contributed by atoms with Crippen LogP contribution in [0.2, 0.25) is 0 Å². The molecule has 1 atom stereocenters. The third-order valence-corrected chi connectivity index (χ3v) is 4.16. The second-order valence-corrected chi connectivity index (χ2v) is 6.58. The number of phenolic OH excluding ortho intramolecular Hbond substituents is 1. The second kappa shape index (κ2) is 9.52. The maximum absolute atomic E-state index is 12.2. The third-order valence-electron chi connectivity index (χ3n) is 2.85. The van der Waals surface area contributed by atoms with Crippen LogP contribution in [0.4, 0.5) is 0 Å². The van der Waals surface area contributed by atoms with E-state index in [1.807, 2.05) is 6.92 Å². The van der Waals surface area contributed by atoms with E-state index in [-0.39, 0.29) is 34.3 Å². The molecule has 1 aromatic rings. The number of thioether (sulfide) groups is 1. The van der Waals surface area contributed by atoms with Gasteiger partial charge in [-0.1, -0.05) is 6.07 Å². The van der Waals surface area contributed by atoms with Crippen LogP contribution in [0, 0.1) is 6.92 Å². The number of Topliss-reactive ketones (excluding diaryl/α,β-unsaturated/α-hetero) is 1. The van der Waals surface area contributed by atoms with Crippen molar-refractivity contribution in [2.24, 2.45) is 0 Å². The fraction of sp³-hybridized carbons (Fsp3) is 0.438. The molecule has 1 N–H and O–H groups in total. The molecule has 0 saturated heterocycles. The molecule has 5 nitrogen and oxygen atoms in total. The number of phenols is 1. The largest absolute Gasteiger partial charge is 0.507 e. The number of aryl methyl sites for hydroxylation is 1. The molecular formula is C16H20O5S2. The van der Waals surface area contributed by atoms with Gasteiger partial charge in [-0.3, -0.25) is 9.59 Å². The fourth-order valence-corrected chi connectivity index (χ4v) is 3.11. The first kappa shape index (κ1) is 19.4. The first-order valence-corrected chi connectivity index (χ1v) is 8.45. The zero-order chi connectivity index (χ0) is 17.4. The van der Waals surface area contributed by atoms with E-state index in [1.54, 1.807) is 19.1 Å². The highest BCUT2D eigenvalue weighted by Crippen LogP contribution is 2.25. The molecule has 0 amide bonds. The maximum atomic E-state index is 12.2. The standard InChI is InChI=1S/C16H20O5S2/c1-4-20-16(22)23-15(21-11(3)17)8-7-13(18)12-6-5-10(2)9-14(12)19/h5-6,9,15,19H,4,7-8H2,1-3H3. The number of aromatic hydroxyl groups is 1. The van der Waals surface area contributed by atoms with Crippen molar-refractivity contribution in [1.29, 1.82) is 0 Å². The van der Waals surface area contributed by atoms with Gasteiger partial charge in [-0.25, -0.2) is 0 Å². The summed E-state index contributed by atoms with van der Waals surface area (Å²) in [5, 5.41) is 9.84. The number of rotatable bonds is 7. The summed E-state index contributed by atoms with van der Waals surface area (Å²) >= 11 is 6.11. The average molecular weight is 356 g/mol. The van der Waals surface area contributed by atoms with E-state index in [9.17, 15) is 14.7 Å². The number of ether oxygens (including phenoxy) is 2. The van der Waals surface area contributed by atoms with Gasteiger partial charge in [0.05, 0.1) is 12.2 Å². The van der Waals surface area contributed by atoms with Gasteiger partial charge in [-0.15, -0.1) is 0 Å². The van der Waals surface area contributed by atoms with Crippen LogP contribution in [0.15, 0.2) is 18.2 Å². The number of benzene rings is 1. The molecule has 1 rings (SSSR count). The van der Waals surface area contributed by atoms with Gasteiger partial charge < -0.3 is 14.6 Å². The van der Waals surface area contributed by atoms with Gasteiger partial charge in [0, 0.05) is 19.8 Å². The Balaban J connectivity index is 2.67. The molecule has 0 spiro atoms. The molecule has 0 aliphatic rings. The molecule has 0 aliphatic heterocycles. The Kier molecular flexibility index (Phi) is 8.05. The van der Waals surface area contributed by atoms with Crippen LogP contribution in [-0.2, 0) is 14.3 Å². The van der Waals surface area contributed by atoms with Gasteiger partial charge in [0.25, 0.3) is 0 Å². The summed E-state index contributed by atoms with van der Waals surface area (Å²) in [6.07, 6.45) is 0.403. The third kappa shape index (κ3) is 7.00. The van der Waals surface area contributed by atoms with E-state index in [1.165, 1.54) is 13.0 Å². The van der Waals surface area contributed by atoms with E-state index in [0.29, 0.717) is 6.61 Å². The number of ketones is 1. The summed E-state index contributed by atoms with van der Waals surface area (Å²) in [4.78, 5) is 23.4. The molecule has 0 radical (unpaired) electrons. The van der Waals surface area contributed by atoms with Gasteiger partial charge >= 0.3 is 5.97 Å². The van der Waals surface area contributed by atoms with Crippen molar-refractivity contribution in [2.45, 2.75) is 39.0 Å². The van der Waals surface area contributed by atoms with Crippen molar-refractivity contribution in [2.75, 3.05) is 6.61 Å². The molecule has 23 heavy (non-hydrogen) atoms. The SMILES string of the molecule is CCOC(=S)SC(CCC(=O)c1ccc(C)cc1O)OC(C)=O. The first-order valence-electron chi connectivity index (χ1n) is 7.17. The number of esters is 1. The van der Waals surface area contributed by atoms with Crippen molar-refractivity contribution >= 4 is 40.1 Å². The van der Waals surface area contributed by atoms with Crippen LogP contribution in [0.25, 0.3) is 0 Å².